The number of furan rings is 1. The highest BCUT2D eigenvalue weighted by Gasteiger charge is 2.13. The summed E-state index contributed by atoms with van der Waals surface area (Å²) in [5.41, 5.74) is 1.98. The Kier molecular flexibility index (Phi) is 3.67. The van der Waals surface area contributed by atoms with Gasteiger partial charge in [-0.15, -0.1) is 0 Å². The first kappa shape index (κ1) is 12.6. The Morgan fingerprint density at radius 1 is 1.56 bits per heavy atom. The lowest BCUT2D eigenvalue weighted by molar-refractivity contribution is 0.102. The first-order valence-electron chi connectivity index (χ1n) is 5.61. The van der Waals surface area contributed by atoms with Crippen LogP contribution in [-0.2, 0) is 6.42 Å². The van der Waals surface area contributed by atoms with Crippen molar-refractivity contribution in [3.63, 3.8) is 0 Å². The fraction of sp³-hybridized carbons (Fsp3) is 0.231. The maximum Gasteiger partial charge on any atom is 0.259 e. The molecule has 0 radical (unpaired) electrons. The molecule has 0 spiro atoms. The van der Waals surface area contributed by atoms with Gasteiger partial charge >= 0.3 is 0 Å². The van der Waals surface area contributed by atoms with Crippen LogP contribution in [0.5, 0.6) is 0 Å². The molecule has 0 unspecified atom stereocenters. The van der Waals surface area contributed by atoms with Crippen LogP contribution in [0, 0.1) is 6.92 Å². The zero-order chi connectivity index (χ0) is 13.1. The minimum absolute atomic E-state index is 0.205. The van der Waals surface area contributed by atoms with E-state index in [1.165, 1.54) is 12.5 Å². The Hall–Kier alpha value is -1.81. The van der Waals surface area contributed by atoms with E-state index in [1.54, 1.807) is 12.1 Å². The summed E-state index contributed by atoms with van der Waals surface area (Å²) in [5.74, 6) is 0.468. The lowest BCUT2D eigenvalue weighted by atomic mass is 10.2. The van der Waals surface area contributed by atoms with E-state index in [1.807, 2.05) is 13.8 Å². The molecular weight excluding hydrogens is 252 g/mol. The van der Waals surface area contributed by atoms with Crippen molar-refractivity contribution in [2.75, 3.05) is 5.32 Å². The van der Waals surface area contributed by atoms with Crippen LogP contribution < -0.4 is 5.32 Å². The molecule has 1 N–H and O–H groups in total. The molecule has 94 valence electrons. The highest BCUT2D eigenvalue weighted by Crippen LogP contribution is 2.18. The molecule has 18 heavy (non-hydrogen) atoms. The molecule has 0 saturated carbocycles. The molecule has 0 aromatic carbocycles. The number of aryl methyl sites for hydroxylation is 2. The summed E-state index contributed by atoms with van der Waals surface area (Å²) in [6.45, 7) is 3.77. The number of amides is 1. The van der Waals surface area contributed by atoms with Crippen LogP contribution in [0.1, 0.15) is 28.6 Å². The average molecular weight is 265 g/mol. The number of rotatable bonds is 3. The van der Waals surface area contributed by atoms with Gasteiger partial charge in [-0.1, -0.05) is 18.5 Å². The average Bonchev–Trinajstić information content (AvgIpc) is 2.82. The highest BCUT2D eigenvalue weighted by molar-refractivity contribution is 6.30. The van der Waals surface area contributed by atoms with Gasteiger partial charge in [-0.2, -0.15) is 0 Å². The first-order chi connectivity index (χ1) is 8.61. The van der Waals surface area contributed by atoms with Crippen molar-refractivity contribution in [1.82, 2.24) is 4.98 Å². The number of anilines is 1. The van der Waals surface area contributed by atoms with Crippen LogP contribution in [0.2, 0.25) is 5.15 Å². The molecule has 1 amide bonds. The molecule has 0 aliphatic heterocycles. The molecule has 2 rings (SSSR count). The molecule has 0 bridgehead atoms. The van der Waals surface area contributed by atoms with Crippen LogP contribution in [0.15, 0.2) is 29.0 Å². The number of aromatic nitrogens is 1. The summed E-state index contributed by atoms with van der Waals surface area (Å²) in [5, 5.41) is 3.20. The van der Waals surface area contributed by atoms with Crippen molar-refractivity contribution in [3.8, 4) is 0 Å². The second-order valence-electron chi connectivity index (χ2n) is 3.90. The molecule has 5 heteroatoms. The van der Waals surface area contributed by atoms with Crippen LogP contribution in [0.4, 0.5) is 5.69 Å². The minimum atomic E-state index is -0.205. The van der Waals surface area contributed by atoms with Gasteiger partial charge in [0.25, 0.3) is 5.91 Å². The minimum Gasteiger partial charge on any atom is -0.469 e. The summed E-state index contributed by atoms with van der Waals surface area (Å²) >= 11 is 5.83. The van der Waals surface area contributed by atoms with E-state index >= 15 is 0 Å². The van der Waals surface area contributed by atoms with Crippen LogP contribution >= 0.6 is 11.6 Å². The monoisotopic (exact) mass is 264 g/mol. The van der Waals surface area contributed by atoms with Gasteiger partial charge in [-0.05, 0) is 24.6 Å². The zero-order valence-corrected chi connectivity index (χ0v) is 10.9. The second-order valence-corrected chi connectivity index (χ2v) is 4.25. The fourth-order valence-electron chi connectivity index (χ4n) is 1.64. The Morgan fingerprint density at radius 3 is 3.00 bits per heavy atom. The molecule has 2 aromatic heterocycles. The van der Waals surface area contributed by atoms with Gasteiger partial charge in [0.1, 0.15) is 10.9 Å². The standard InChI is InChI=1S/C13H13ClN2O2/c1-3-11-10(4-5-18-11)13(17)16-9-6-8(2)12(14)15-7-9/h4-7H,3H2,1-2H3,(H,16,17). The summed E-state index contributed by atoms with van der Waals surface area (Å²) < 4.78 is 5.22. The van der Waals surface area contributed by atoms with Gasteiger partial charge in [0.2, 0.25) is 0 Å². The van der Waals surface area contributed by atoms with E-state index < -0.39 is 0 Å². The number of carbonyl (C=O) groups is 1. The number of nitrogens with zero attached hydrogens (tertiary/aromatic N) is 1. The molecule has 4 nitrogen and oxygen atoms in total. The van der Waals surface area contributed by atoms with E-state index in [9.17, 15) is 4.79 Å². The number of carbonyl (C=O) groups excluding carboxylic acids is 1. The predicted octanol–water partition coefficient (Wildman–Crippen LogP) is 3.45. The number of halogens is 1. The molecule has 0 fully saturated rings. The van der Waals surface area contributed by atoms with Gasteiger partial charge in [-0.3, -0.25) is 4.79 Å². The van der Waals surface area contributed by atoms with Gasteiger partial charge in [0.05, 0.1) is 23.7 Å². The van der Waals surface area contributed by atoms with Crippen LogP contribution in [0.3, 0.4) is 0 Å². The van der Waals surface area contributed by atoms with Crippen molar-refractivity contribution in [3.05, 3.63) is 46.6 Å². The third kappa shape index (κ3) is 2.54. The second kappa shape index (κ2) is 5.23. The van der Waals surface area contributed by atoms with Crippen molar-refractivity contribution in [2.45, 2.75) is 20.3 Å². The van der Waals surface area contributed by atoms with Crippen molar-refractivity contribution in [2.24, 2.45) is 0 Å². The third-order valence-corrected chi connectivity index (χ3v) is 2.98. The predicted molar refractivity (Wildman–Crippen MR) is 70.0 cm³/mol. The van der Waals surface area contributed by atoms with Crippen LogP contribution in [0.25, 0.3) is 0 Å². The summed E-state index contributed by atoms with van der Waals surface area (Å²) in [6, 6.07) is 3.43. The zero-order valence-electron chi connectivity index (χ0n) is 10.2. The van der Waals surface area contributed by atoms with E-state index in [0.717, 1.165) is 5.56 Å². The lowest BCUT2D eigenvalue weighted by Gasteiger charge is -2.06. The van der Waals surface area contributed by atoms with Gasteiger partial charge in [0, 0.05) is 6.42 Å². The molecule has 0 aliphatic carbocycles. The van der Waals surface area contributed by atoms with Gasteiger partial charge in [-0.25, -0.2) is 4.98 Å². The molecular formula is C13H13ClN2O2. The quantitative estimate of drug-likeness (QED) is 0.864. The Balaban J connectivity index is 2.19. The maximum atomic E-state index is 12.0. The number of hydrogen-bond donors (Lipinski definition) is 1. The van der Waals surface area contributed by atoms with Crippen molar-refractivity contribution < 1.29 is 9.21 Å². The smallest absolute Gasteiger partial charge is 0.259 e. The Morgan fingerprint density at radius 2 is 2.33 bits per heavy atom. The van der Waals surface area contributed by atoms with Gasteiger partial charge in [0.15, 0.2) is 0 Å². The topological polar surface area (TPSA) is 55.1 Å². The third-order valence-electron chi connectivity index (χ3n) is 2.58. The first-order valence-corrected chi connectivity index (χ1v) is 5.99. The van der Waals surface area contributed by atoms with Crippen molar-refractivity contribution in [1.29, 1.82) is 0 Å². The highest BCUT2D eigenvalue weighted by atomic mass is 35.5. The number of hydrogen-bond acceptors (Lipinski definition) is 3. The summed E-state index contributed by atoms with van der Waals surface area (Å²) in [6.07, 6.45) is 3.71. The lowest BCUT2D eigenvalue weighted by Crippen LogP contribution is -2.13. The summed E-state index contributed by atoms with van der Waals surface area (Å²) in [7, 11) is 0. The van der Waals surface area contributed by atoms with Gasteiger partial charge < -0.3 is 9.73 Å². The van der Waals surface area contributed by atoms with Crippen molar-refractivity contribution >= 4 is 23.2 Å². The molecule has 2 aromatic rings. The largest absolute Gasteiger partial charge is 0.469 e. The van der Waals surface area contributed by atoms with E-state index in [4.69, 9.17) is 16.0 Å². The van der Waals surface area contributed by atoms with E-state index in [2.05, 4.69) is 10.3 Å². The number of pyridine rings is 1. The molecule has 2 heterocycles. The molecule has 0 atom stereocenters. The Bertz CT molecular complexity index is 578. The summed E-state index contributed by atoms with van der Waals surface area (Å²) in [4.78, 5) is 16.0. The maximum absolute atomic E-state index is 12.0. The normalized spacial score (nSPS) is 10.4. The molecule has 0 saturated heterocycles. The number of nitrogens with one attached hydrogen (secondary N) is 1. The molecule has 0 aliphatic rings. The van der Waals surface area contributed by atoms with Crippen LogP contribution in [-0.4, -0.2) is 10.9 Å². The SMILES string of the molecule is CCc1occc1C(=O)Nc1cnc(Cl)c(C)c1. The van der Waals surface area contributed by atoms with E-state index in [0.29, 0.717) is 28.6 Å². The fourth-order valence-corrected chi connectivity index (χ4v) is 1.74. The Labute approximate surface area is 110 Å². The van der Waals surface area contributed by atoms with E-state index in [-0.39, 0.29) is 5.91 Å².